The van der Waals surface area contributed by atoms with E-state index in [1.807, 2.05) is 17.0 Å². The molecule has 0 radical (unpaired) electrons. The minimum atomic E-state index is -0.456. The number of benzene rings is 1. The predicted molar refractivity (Wildman–Crippen MR) is 144 cm³/mol. The van der Waals surface area contributed by atoms with Crippen LogP contribution in [0.1, 0.15) is 74.7 Å². The van der Waals surface area contributed by atoms with Gasteiger partial charge in [-0.3, -0.25) is 9.59 Å². The Kier molecular flexibility index (Phi) is 9.06. The fourth-order valence-electron chi connectivity index (χ4n) is 5.64. The van der Waals surface area contributed by atoms with E-state index in [2.05, 4.69) is 36.3 Å². The lowest BCUT2D eigenvalue weighted by Gasteiger charge is -2.41. The van der Waals surface area contributed by atoms with Crippen LogP contribution in [0.2, 0.25) is 0 Å². The molecule has 4 rings (SSSR count). The molecular formula is C30H41N3O4. The summed E-state index contributed by atoms with van der Waals surface area (Å²) in [6.45, 7) is 5.94. The highest BCUT2D eigenvalue weighted by atomic mass is 16.5. The van der Waals surface area contributed by atoms with Gasteiger partial charge in [0.15, 0.2) is 0 Å². The number of methoxy groups -OCH3 is 1. The minimum absolute atomic E-state index is 0.0375. The molecule has 1 aromatic heterocycles. The molecule has 1 fully saturated rings. The van der Waals surface area contributed by atoms with Gasteiger partial charge in [-0.25, -0.2) is 4.98 Å². The average molecular weight is 508 g/mol. The van der Waals surface area contributed by atoms with Crippen molar-refractivity contribution in [3.05, 3.63) is 53.7 Å². The molecule has 0 bridgehead atoms. The Labute approximate surface area is 220 Å². The highest BCUT2D eigenvalue weighted by Gasteiger charge is 2.42. The number of hydrogen-bond acceptors (Lipinski definition) is 5. The van der Waals surface area contributed by atoms with Gasteiger partial charge >= 0.3 is 0 Å². The van der Waals surface area contributed by atoms with Crippen molar-refractivity contribution in [3.8, 4) is 11.6 Å². The number of pyridine rings is 1. The summed E-state index contributed by atoms with van der Waals surface area (Å²) in [5.41, 5.74) is 1.35. The SMILES string of the molecule is COc1cc(C(=O)N2CCC3(CCCCCc4ccccc4OC[C@H](CC(C)C)NC3=O)CC2)ccn1. The fourth-order valence-corrected chi connectivity index (χ4v) is 5.64. The molecule has 37 heavy (non-hydrogen) atoms. The number of para-hydroxylation sites is 1. The maximum atomic E-state index is 13.9. The molecule has 1 aromatic carbocycles. The van der Waals surface area contributed by atoms with E-state index in [1.165, 1.54) is 5.56 Å². The number of aryl methyl sites for hydroxylation is 1. The second-order valence-corrected chi connectivity index (χ2v) is 10.9. The van der Waals surface area contributed by atoms with Crippen LogP contribution in [0, 0.1) is 11.3 Å². The summed E-state index contributed by atoms with van der Waals surface area (Å²) in [6, 6.07) is 11.6. The van der Waals surface area contributed by atoms with Crippen molar-refractivity contribution < 1.29 is 19.1 Å². The van der Waals surface area contributed by atoms with Crippen LogP contribution in [-0.4, -0.2) is 54.5 Å². The summed E-state index contributed by atoms with van der Waals surface area (Å²) in [7, 11) is 1.54. The number of nitrogens with zero attached hydrogens (tertiary/aromatic N) is 2. The number of likely N-dealkylation sites (tertiary alicyclic amines) is 1. The van der Waals surface area contributed by atoms with Gasteiger partial charge in [-0.05, 0) is 62.1 Å². The molecule has 1 spiro atoms. The van der Waals surface area contributed by atoms with E-state index in [0.29, 0.717) is 49.9 Å². The van der Waals surface area contributed by atoms with Crippen LogP contribution < -0.4 is 14.8 Å². The Bertz CT molecular complexity index is 1060. The van der Waals surface area contributed by atoms with E-state index in [4.69, 9.17) is 9.47 Å². The molecular weight excluding hydrogens is 466 g/mol. The third-order valence-electron chi connectivity index (χ3n) is 7.79. The van der Waals surface area contributed by atoms with Gasteiger partial charge in [0.05, 0.1) is 18.6 Å². The van der Waals surface area contributed by atoms with E-state index in [9.17, 15) is 9.59 Å². The van der Waals surface area contributed by atoms with Crippen LogP contribution in [0.5, 0.6) is 11.6 Å². The van der Waals surface area contributed by atoms with Gasteiger partial charge in [0.2, 0.25) is 11.8 Å². The zero-order valence-electron chi connectivity index (χ0n) is 22.5. The third kappa shape index (κ3) is 6.82. The number of aromatic nitrogens is 1. The number of nitrogens with one attached hydrogen (secondary N) is 1. The van der Waals surface area contributed by atoms with Crippen LogP contribution in [-0.2, 0) is 11.2 Å². The van der Waals surface area contributed by atoms with Gasteiger partial charge in [-0.2, -0.15) is 0 Å². The lowest BCUT2D eigenvalue weighted by molar-refractivity contribution is -0.135. The molecule has 1 atom stereocenters. The summed E-state index contributed by atoms with van der Waals surface area (Å²) < 4.78 is 11.5. The van der Waals surface area contributed by atoms with Crippen molar-refractivity contribution in [1.29, 1.82) is 0 Å². The fraction of sp³-hybridized carbons (Fsp3) is 0.567. The summed E-state index contributed by atoms with van der Waals surface area (Å²) in [6.07, 6.45) is 8.76. The number of fused-ring (bicyclic) bond motifs is 1. The maximum absolute atomic E-state index is 13.9. The first-order chi connectivity index (χ1) is 17.9. The van der Waals surface area contributed by atoms with E-state index in [1.54, 1.807) is 25.4 Å². The molecule has 2 aliphatic heterocycles. The second-order valence-electron chi connectivity index (χ2n) is 10.9. The molecule has 0 aliphatic carbocycles. The molecule has 2 amide bonds. The van der Waals surface area contributed by atoms with E-state index in [0.717, 1.165) is 44.3 Å². The Morgan fingerprint density at radius 3 is 2.70 bits per heavy atom. The van der Waals surface area contributed by atoms with Crippen LogP contribution >= 0.6 is 0 Å². The lowest BCUT2D eigenvalue weighted by Crippen LogP contribution is -2.53. The number of amides is 2. The summed E-state index contributed by atoms with van der Waals surface area (Å²) in [4.78, 5) is 33.0. The summed E-state index contributed by atoms with van der Waals surface area (Å²) in [5, 5.41) is 3.38. The van der Waals surface area contributed by atoms with Crippen molar-refractivity contribution in [1.82, 2.24) is 15.2 Å². The lowest BCUT2D eigenvalue weighted by atomic mass is 9.73. The molecule has 1 N–H and O–H groups in total. The zero-order valence-corrected chi connectivity index (χ0v) is 22.5. The normalized spacial score (nSPS) is 20.6. The van der Waals surface area contributed by atoms with Crippen molar-refractivity contribution in [3.63, 3.8) is 0 Å². The Morgan fingerprint density at radius 2 is 1.95 bits per heavy atom. The number of piperidine rings is 1. The first-order valence-electron chi connectivity index (χ1n) is 13.7. The molecule has 1 saturated heterocycles. The second kappa shape index (κ2) is 12.4. The van der Waals surface area contributed by atoms with Crippen LogP contribution in [0.4, 0.5) is 0 Å². The van der Waals surface area contributed by atoms with Gasteiger partial charge in [0.1, 0.15) is 12.4 Å². The highest BCUT2D eigenvalue weighted by Crippen LogP contribution is 2.38. The quantitative estimate of drug-likeness (QED) is 0.627. The average Bonchev–Trinajstić information content (AvgIpc) is 2.92. The number of carbonyl (C=O) groups is 2. The Balaban J connectivity index is 1.48. The standard InChI is InChI=1S/C30H41N3O4/c1-22(2)19-25-21-37-26-11-7-6-10-23(26)9-5-4-8-13-30(29(35)32-25)14-17-33(18-15-30)28(34)24-12-16-31-27(20-24)36-3/h6-7,10-12,16,20,22,25H,4-5,8-9,13-15,17-19,21H2,1-3H3,(H,32,35)/t25-/m0/s1. The first-order valence-corrected chi connectivity index (χ1v) is 13.7. The number of carbonyl (C=O) groups excluding carboxylic acids is 2. The van der Waals surface area contributed by atoms with Crippen LogP contribution in [0.3, 0.4) is 0 Å². The van der Waals surface area contributed by atoms with Crippen molar-refractivity contribution in [2.75, 3.05) is 26.8 Å². The zero-order chi connectivity index (χ0) is 26.3. The minimum Gasteiger partial charge on any atom is -0.491 e. The number of ether oxygens (including phenoxy) is 2. The van der Waals surface area contributed by atoms with Crippen molar-refractivity contribution >= 4 is 11.8 Å². The molecule has 2 aliphatic rings. The molecule has 0 unspecified atom stereocenters. The monoisotopic (exact) mass is 507 g/mol. The molecule has 2 aromatic rings. The van der Waals surface area contributed by atoms with E-state index in [-0.39, 0.29) is 17.9 Å². The van der Waals surface area contributed by atoms with E-state index >= 15 is 0 Å². The van der Waals surface area contributed by atoms with Crippen molar-refractivity contribution in [2.45, 2.75) is 71.3 Å². The van der Waals surface area contributed by atoms with Crippen LogP contribution in [0.25, 0.3) is 0 Å². The van der Waals surface area contributed by atoms with Gasteiger partial charge in [-0.1, -0.05) is 44.9 Å². The maximum Gasteiger partial charge on any atom is 0.254 e. The number of hydrogen-bond donors (Lipinski definition) is 1. The molecule has 7 nitrogen and oxygen atoms in total. The van der Waals surface area contributed by atoms with Gasteiger partial charge in [0, 0.05) is 30.9 Å². The molecule has 7 heteroatoms. The predicted octanol–water partition coefficient (Wildman–Crippen LogP) is 5.04. The van der Waals surface area contributed by atoms with Crippen LogP contribution in [0.15, 0.2) is 42.6 Å². The van der Waals surface area contributed by atoms with Gasteiger partial charge in [0.25, 0.3) is 5.91 Å². The Morgan fingerprint density at radius 1 is 1.16 bits per heavy atom. The highest BCUT2D eigenvalue weighted by molar-refractivity contribution is 5.94. The smallest absolute Gasteiger partial charge is 0.254 e. The van der Waals surface area contributed by atoms with Crippen molar-refractivity contribution in [2.24, 2.45) is 11.3 Å². The summed E-state index contributed by atoms with van der Waals surface area (Å²) >= 11 is 0. The summed E-state index contributed by atoms with van der Waals surface area (Å²) in [5.74, 6) is 1.87. The third-order valence-corrected chi connectivity index (χ3v) is 7.79. The largest absolute Gasteiger partial charge is 0.491 e. The molecule has 200 valence electrons. The topological polar surface area (TPSA) is 80.8 Å². The van der Waals surface area contributed by atoms with Gasteiger partial charge in [-0.15, -0.1) is 0 Å². The molecule has 3 heterocycles. The molecule has 0 saturated carbocycles. The Hall–Kier alpha value is -3.09. The van der Waals surface area contributed by atoms with Gasteiger partial charge < -0.3 is 19.7 Å². The number of rotatable bonds is 4. The van der Waals surface area contributed by atoms with E-state index < -0.39 is 5.41 Å². The first kappa shape index (κ1) is 27.0.